The predicted molar refractivity (Wildman–Crippen MR) is 57.4 cm³/mol. The van der Waals surface area contributed by atoms with Crippen LogP contribution in [0.2, 0.25) is 0 Å². The van der Waals surface area contributed by atoms with Gasteiger partial charge in [0, 0.05) is 5.92 Å². The fourth-order valence-corrected chi connectivity index (χ4v) is 2.35. The Morgan fingerprint density at radius 3 is 2.58 bits per heavy atom. The van der Waals surface area contributed by atoms with Crippen molar-refractivity contribution in [3.8, 4) is 0 Å². The highest BCUT2D eigenvalue weighted by atomic mass is 31.1. The molecule has 0 aliphatic rings. The molecule has 0 radical (unpaired) electrons. The number of carbonyl (C=O) groups excluding carboxylic acids is 1. The number of carbonyl (C=O) groups is 1. The minimum Gasteiger partial charge on any atom is -0.303 e. The molecule has 0 aromatic heterocycles. The van der Waals surface area contributed by atoms with Crippen molar-refractivity contribution in [1.29, 1.82) is 0 Å². The molecule has 0 heterocycles. The zero-order valence-corrected chi connectivity index (χ0v) is 9.31. The van der Waals surface area contributed by atoms with Gasteiger partial charge in [-0.1, -0.05) is 20.3 Å². The molecular formula is C10H21OP. The van der Waals surface area contributed by atoms with Gasteiger partial charge in [-0.25, -0.2) is 0 Å². The second-order valence-electron chi connectivity index (χ2n) is 3.36. The van der Waals surface area contributed by atoms with Crippen molar-refractivity contribution in [2.75, 3.05) is 12.3 Å². The van der Waals surface area contributed by atoms with E-state index in [1.807, 2.05) is 6.92 Å². The van der Waals surface area contributed by atoms with Crippen molar-refractivity contribution in [2.45, 2.75) is 39.5 Å². The molecule has 0 fully saturated rings. The standard InChI is InChI=1S/C10H21OP/c1-3-4-7-12-8-5-6-10(2)9-11/h9-10,12H,3-8H2,1-2H3. The molecule has 0 bridgehead atoms. The second-order valence-corrected chi connectivity index (χ2v) is 4.86. The molecule has 0 aromatic rings. The van der Waals surface area contributed by atoms with E-state index in [0.29, 0.717) is 0 Å². The molecule has 0 saturated heterocycles. The van der Waals surface area contributed by atoms with Gasteiger partial charge in [0.1, 0.15) is 6.29 Å². The summed E-state index contributed by atoms with van der Waals surface area (Å²) in [6.45, 7) is 4.24. The van der Waals surface area contributed by atoms with Crippen LogP contribution in [-0.4, -0.2) is 18.6 Å². The number of hydrogen-bond donors (Lipinski definition) is 0. The molecule has 12 heavy (non-hydrogen) atoms. The normalized spacial score (nSPS) is 13.8. The molecule has 0 spiro atoms. The van der Waals surface area contributed by atoms with Crippen LogP contribution in [0.3, 0.4) is 0 Å². The van der Waals surface area contributed by atoms with Crippen molar-refractivity contribution in [2.24, 2.45) is 5.92 Å². The van der Waals surface area contributed by atoms with Gasteiger partial charge in [-0.2, -0.15) is 0 Å². The summed E-state index contributed by atoms with van der Waals surface area (Å²) in [6, 6.07) is 0. The van der Waals surface area contributed by atoms with Crippen LogP contribution in [-0.2, 0) is 4.79 Å². The van der Waals surface area contributed by atoms with Gasteiger partial charge in [0.25, 0.3) is 0 Å². The van der Waals surface area contributed by atoms with E-state index in [0.717, 1.165) is 21.3 Å². The lowest BCUT2D eigenvalue weighted by Gasteiger charge is -2.02. The molecule has 0 N–H and O–H groups in total. The van der Waals surface area contributed by atoms with Gasteiger partial charge >= 0.3 is 0 Å². The van der Waals surface area contributed by atoms with Crippen molar-refractivity contribution < 1.29 is 4.79 Å². The van der Waals surface area contributed by atoms with Crippen molar-refractivity contribution in [1.82, 2.24) is 0 Å². The summed E-state index contributed by atoms with van der Waals surface area (Å²) in [5.74, 6) is 0.279. The molecule has 0 aliphatic carbocycles. The first-order chi connectivity index (χ1) is 5.81. The van der Waals surface area contributed by atoms with E-state index in [1.54, 1.807) is 0 Å². The zero-order valence-electron chi connectivity index (χ0n) is 8.31. The molecule has 2 atom stereocenters. The van der Waals surface area contributed by atoms with Gasteiger partial charge in [-0.15, -0.1) is 8.58 Å². The van der Waals surface area contributed by atoms with E-state index < -0.39 is 0 Å². The number of rotatable bonds is 8. The van der Waals surface area contributed by atoms with Gasteiger partial charge < -0.3 is 4.79 Å². The van der Waals surface area contributed by atoms with E-state index in [-0.39, 0.29) is 5.92 Å². The zero-order chi connectivity index (χ0) is 9.23. The highest BCUT2D eigenvalue weighted by Crippen LogP contribution is 2.16. The van der Waals surface area contributed by atoms with E-state index in [2.05, 4.69) is 6.92 Å². The van der Waals surface area contributed by atoms with Crippen LogP contribution in [0.1, 0.15) is 39.5 Å². The first kappa shape index (κ1) is 12.1. The van der Waals surface area contributed by atoms with Gasteiger partial charge in [-0.3, -0.25) is 0 Å². The van der Waals surface area contributed by atoms with E-state index >= 15 is 0 Å². The summed E-state index contributed by atoms with van der Waals surface area (Å²) < 4.78 is 0. The number of hydrogen-bond acceptors (Lipinski definition) is 1. The lowest BCUT2D eigenvalue weighted by Crippen LogP contribution is -1.95. The van der Waals surface area contributed by atoms with Gasteiger partial charge in [0.05, 0.1) is 0 Å². The Balaban J connectivity index is 2.95. The monoisotopic (exact) mass is 188 g/mol. The number of aldehydes is 1. The molecule has 0 saturated carbocycles. The fourth-order valence-electron chi connectivity index (χ4n) is 1.04. The lowest BCUT2D eigenvalue weighted by atomic mass is 10.1. The Morgan fingerprint density at radius 1 is 1.33 bits per heavy atom. The minimum atomic E-state index is 0.279. The van der Waals surface area contributed by atoms with Crippen LogP contribution in [0.15, 0.2) is 0 Å². The van der Waals surface area contributed by atoms with E-state index in [4.69, 9.17) is 0 Å². The maximum atomic E-state index is 10.3. The third-order valence-electron chi connectivity index (χ3n) is 1.95. The van der Waals surface area contributed by atoms with Gasteiger partial charge in [-0.05, 0) is 31.6 Å². The number of unbranched alkanes of at least 4 members (excludes halogenated alkanes) is 1. The first-order valence-electron chi connectivity index (χ1n) is 4.97. The largest absolute Gasteiger partial charge is 0.303 e. The van der Waals surface area contributed by atoms with Crippen LogP contribution in [0.25, 0.3) is 0 Å². The first-order valence-corrected chi connectivity index (χ1v) is 6.38. The molecule has 72 valence electrons. The highest BCUT2D eigenvalue weighted by Gasteiger charge is 1.97. The van der Waals surface area contributed by atoms with Crippen LogP contribution >= 0.6 is 8.58 Å². The summed E-state index contributed by atoms with van der Waals surface area (Å²) in [4.78, 5) is 10.3. The quantitative estimate of drug-likeness (QED) is 0.325. The van der Waals surface area contributed by atoms with Gasteiger partial charge in [0.2, 0.25) is 0 Å². The third kappa shape index (κ3) is 8.20. The summed E-state index contributed by atoms with van der Waals surface area (Å²) in [7, 11) is 1.12. The summed E-state index contributed by atoms with van der Waals surface area (Å²) in [5.41, 5.74) is 0. The topological polar surface area (TPSA) is 17.1 Å². The molecule has 0 aliphatic heterocycles. The Morgan fingerprint density at radius 2 is 2.00 bits per heavy atom. The van der Waals surface area contributed by atoms with Crippen LogP contribution in [0, 0.1) is 5.92 Å². The average molecular weight is 188 g/mol. The third-order valence-corrected chi connectivity index (χ3v) is 3.37. The Bertz CT molecular complexity index is 104. The molecule has 0 rings (SSSR count). The maximum Gasteiger partial charge on any atom is 0.122 e. The van der Waals surface area contributed by atoms with Crippen molar-refractivity contribution in [3.63, 3.8) is 0 Å². The molecule has 0 aromatic carbocycles. The smallest absolute Gasteiger partial charge is 0.122 e. The average Bonchev–Trinajstić information content (AvgIpc) is 2.10. The fraction of sp³-hybridized carbons (Fsp3) is 0.900. The maximum absolute atomic E-state index is 10.3. The van der Waals surface area contributed by atoms with E-state index in [9.17, 15) is 4.79 Å². The van der Waals surface area contributed by atoms with Gasteiger partial charge in [0.15, 0.2) is 0 Å². The van der Waals surface area contributed by atoms with Crippen LogP contribution < -0.4 is 0 Å². The van der Waals surface area contributed by atoms with Crippen LogP contribution in [0.4, 0.5) is 0 Å². The summed E-state index contributed by atoms with van der Waals surface area (Å²) in [5, 5.41) is 0. The van der Waals surface area contributed by atoms with Crippen molar-refractivity contribution in [3.05, 3.63) is 0 Å². The summed E-state index contributed by atoms with van der Waals surface area (Å²) in [6.07, 6.45) is 8.81. The Labute approximate surface area is 78.1 Å². The minimum absolute atomic E-state index is 0.279. The second kappa shape index (κ2) is 9.19. The molecule has 2 heteroatoms. The molecule has 0 amide bonds. The van der Waals surface area contributed by atoms with Crippen molar-refractivity contribution >= 4 is 14.9 Å². The molecule has 2 unspecified atom stereocenters. The Kier molecular flexibility index (Phi) is 9.27. The predicted octanol–water partition coefficient (Wildman–Crippen LogP) is 3.08. The lowest BCUT2D eigenvalue weighted by molar-refractivity contribution is -0.110. The molecule has 1 nitrogen and oxygen atoms in total. The Hall–Kier alpha value is 0.100. The summed E-state index contributed by atoms with van der Waals surface area (Å²) >= 11 is 0. The highest BCUT2D eigenvalue weighted by molar-refractivity contribution is 7.37. The SMILES string of the molecule is CCCCPCCCC(C)C=O. The van der Waals surface area contributed by atoms with E-state index in [1.165, 1.54) is 31.6 Å². The molecular weight excluding hydrogens is 167 g/mol. The van der Waals surface area contributed by atoms with Crippen LogP contribution in [0.5, 0.6) is 0 Å².